The van der Waals surface area contributed by atoms with E-state index >= 15 is 0 Å². The molecule has 0 aliphatic rings. The van der Waals surface area contributed by atoms with Crippen molar-refractivity contribution in [2.24, 2.45) is 17.2 Å². The zero-order valence-electron chi connectivity index (χ0n) is 17.8. The molecule has 2 unspecified atom stereocenters. The van der Waals surface area contributed by atoms with E-state index in [2.05, 4.69) is 11.5 Å². The van der Waals surface area contributed by atoms with Crippen molar-refractivity contribution < 1.29 is 54.6 Å². The Morgan fingerprint density at radius 1 is 0.800 bits per heavy atom. The number of anilines is 1. The van der Waals surface area contributed by atoms with Gasteiger partial charge in [0, 0.05) is 10.6 Å². The van der Waals surface area contributed by atoms with Gasteiger partial charge in [-0.1, -0.05) is 0 Å². The van der Waals surface area contributed by atoms with Gasteiger partial charge in [-0.3, -0.25) is 14.4 Å². The topological polar surface area (TPSA) is 288 Å². The van der Waals surface area contributed by atoms with Crippen LogP contribution >= 0.6 is 67.8 Å². The molecule has 3 amide bonds. The lowest BCUT2D eigenvalue weighted by atomic mass is 10.1. The maximum Gasteiger partial charge on any atom is 0.337 e. The van der Waals surface area contributed by atoms with Crippen LogP contribution in [0.4, 0.5) is 5.69 Å². The molecule has 1 aromatic carbocycles. The van der Waals surface area contributed by atoms with E-state index in [1.165, 1.54) is 11.9 Å². The molecule has 0 aliphatic heterocycles. The molecular weight excluding hydrogens is 817 g/mol. The fourth-order valence-electron chi connectivity index (χ4n) is 1.76. The van der Waals surface area contributed by atoms with Crippen LogP contribution < -0.4 is 22.1 Å². The number of hydrogen-bond donors (Lipinski definition) is 9. The van der Waals surface area contributed by atoms with Gasteiger partial charge in [-0.15, -0.1) is 0 Å². The van der Waals surface area contributed by atoms with Gasteiger partial charge in [-0.25, -0.2) is 9.59 Å². The number of aromatic carboxylic acids is 2. The Morgan fingerprint density at radius 3 is 1.29 bits per heavy atom. The predicted molar refractivity (Wildman–Crippen MR) is 146 cm³/mol. The van der Waals surface area contributed by atoms with E-state index in [-0.39, 0.29) is 26.9 Å². The molecule has 15 nitrogen and oxygen atoms in total. The Labute approximate surface area is 239 Å². The average molecular weight is 840 g/mol. The zero-order valence-corrected chi connectivity index (χ0v) is 24.3. The van der Waals surface area contributed by atoms with Crippen molar-refractivity contribution in [3.63, 3.8) is 0 Å². The number of amides is 3. The van der Waals surface area contributed by atoms with E-state index in [9.17, 15) is 34.2 Å². The molecule has 1 rings (SSSR count). The van der Waals surface area contributed by atoms with Crippen LogP contribution in [0.3, 0.4) is 0 Å². The second-order valence-electron chi connectivity index (χ2n) is 6.01. The highest BCUT2D eigenvalue weighted by molar-refractivity contribution is 14.1. The van der Waals surface area contributed by atoms with Gasteiger partial charge in [0.15, 0.2) is 12.2 Å². The summed E-state index contributed by atoms with van der Waals surface area (Å²) >= 11 is 5.28. The van der Waals surface area contributed by atoms with Crippen molar-refractivity contribution in [2.75, 3.05) is 31.7 Å². The first-order chi connectivity index (χ1) is 16.0. The molecule has 18 heteroatoms. The Bertz CT molecular complexity index is 901. The summed E-state index contributed by atoms with van der Waals surface area (Å²) in [5, 5.41) is 51.0. The lowest BCUT2D eigenvalue weighted by Crippen LogP contribution is -2.34. The van der Waals surface area contributed by atoms with Gasteiger partial charge < -0.3 is 52.7 Å². The number of aliphatic hydroxyl groups excluding tert-OH is 4. The smallest absolute Gasteiger partial charge is 0.337 e. The number of hydrogen-bond acceptors (Lipinski definition) is 10. The van der Waals surface area contributed by atoms with Crippen LogP contribution in [0.25, 0.3) is 0 Å². The minimum absolute atomic E-state index is 0.124. The molecule has 198 valence electrons. The summed E-state index contributed by atoms with van der Waals surface area (Å²) in [4.78, 5) is 55.2. The Kier molecular flexibility index (Phi) is 17.4. The highest BCUT2D eigenvalue weighted by Gasteiger charge is 2.30. The van der Waals surface area contributed by atoms with E-state index in [1.54, 1.807) is 67.8 Å². The molecule has 35 heavy (non-hydrogen) atoms. The fourth-order valence-corrected chi connectivity index (χ4v) is 6.58. The van der Waals surface area contributed by atoms with Crippen molar-refractivity contribution in [3.8, 4) is 0 Å². The van der Waals surface area contributed by atoms with Crippen molar-refractivity contribution in [1.29, 1.82) is 0 Å². The van der Waals surface area contributed by atoms with E-state index < -0.39 is 55.1 Å². The number of carbonyl (C=O) groups is 5. The number of carboxylic acid groups (broad SMARTS) is 2. The summed E-state index contributed by atoms with van der Waals surface area (Å²) in [6.45, 7) is -1.47. The van der Waals surface area contributed by atoms with Gasteiger partial charge in [-0.2, -0.15) is 0 Å². The third-order valence-electron chi connectivity index (χ3n) is 3.61. The zero-order chi connectivity index (χ0) is 28.2. The van der Waals surface area contributed by atoms with Crippen molar-refractivity contribution >= 4 is 103 Å². The van der Waals surface area contributed by atoms with Crippen LogP contribution in [-0.2, 0) is 14.4 Å². The summed E-state index contributed by atoms with van der Waals surface area (Å²) in [5.74, 6) is -4.75. The molecule has 0 spiro atoms. The number of rotatable bonds is 8. The second-order valence-corrected chi connectivity index (χ2v) is 9.25. The van der Waals surface area contributed by atoms with E-state index in [4.69, 9.17) is 26.2 Å². The van der Waals surface area contributed by atoms with Crippen molar-refractivity contribution in [2.45, 2.75) is 12.2 Å². The summed E-state index contributed by atoms with van der Waals surface area (Å²) < 4.78 is 0.713. The number of carboxylic acids is 2. The molecule has 1 aromatic rings. The SMILES string of the molecule is CN(C(=O)CN)c1c(I)c(C(=O)O)c(I)c(C(=O)O)c1I.NC(=O)C(O)CO.NC(=O)C(O)CO. The number of nitrogens with two attached hydrogens (primary N) is 3. The Balaban J connectivity index is 0. The molecule has 0 fully saturated rings. The molecule has 0 heterocycles. The third-order valence-corrected chi connectivity index (χ3v) is 6.79. The predicted octanol–water partition coefficient (Wildman–Crippen LogP) is -2.53. The maximum absolute atomic E-state index is 11.8. The number of primary amides is 2. The quantitative estimate of drug-likeness (QED) is 0.123. The van der Waals surface area contributed by atoms with Crippen LogP contribution in [0, 0.1) is 10.7 Å². The van der Waals surface area contributed by atoms with E-state index in [0.717, 1.165) is 0 Å². The number of nitrogens with zero attached hydrogens (tertiary/aromatic N) is 1. The highest BCUT2D eigenvalue weighted by Crippen LogP contribution is 2.37. The van der Waals surface area contributed by atoms with Crippen molar-refractivity contribution in [1.82, 2.24) is 0 Å². The molecule has 0 aliphatic carbocycles. The number of aliphatic hydroxyl groups is 4. The first-order valence-corrected chi connectivity index (χ1v) is 12.0. The minimum atomic E-state index is -1.40. The van der Waals surface area contributed by atoms with Crippen LogP contribution in [0.1, 0.15) is 20.7 Å². The first kappa shape index (κ1) is 35.7. The maximum atomic E-state index is 11.8. The first-order valence-electron chi connectivity index (χ1n) is 8.81. The van der Waals surface area contributed by atoms with Gasteiger partial charge >= 0.3 is 11.9 Å². The number of carbonyl (C=O) groups excluding carboxylic acids is 3. The number of halogens is 3. The molecular formula is C17H23I3N4O11. The molecule has 0 saturated heterocycles. The van der Waals surface area contributed by atoms with Gasteiger partial charge in [0.2, 0.25) is 17.7 Å². The van der Waals surface area contributed by atoms with Crippen LogP contribution in [0.2, 0.25) is 0 Å². The Morgan fingerprint density at radius 2 is 1.11 bits per heavy atom. The largest absolute Gasteiger partial charge is 0.478 e. The summed E-state index contributed by atoms with van der Waals surface area (Å²) in [7, 11) is 1.43. The average Bonchev–Trinajstić information content (AvgIpc) is 2.77. The lowest BCUT2D eigenvalue weighted by Gasteiger charge is -2.23. The van der Waals surface area contributed by atoms with Crippen LogP contribution in [0.5, 0.6) is 0 Å². The summed E-state index contributed by atoms with van der Waals surface area (Å²) in [6.07, 6.45) is -2.81. The molecule has 0 bridgehead atoms. The van der Waals surface area contributed by atoms with Crippen LogP contribution in [0.15, 0.2) is 0 Å². The lowest BCUT2D eigenvalue weighted by molar-refractivity contribution is -0.128. The highest BCUT2D eigenvalue weighted by atomic mass is 127. The molecule has 12 N–H and O–H groups in total. The standard InChI is InChI=1S/C11H9I3N2O5.2C3H7NO3/c1-16(3(17)2-15)9-7(13)4(10(18)19)6(12)5(8(9)14)11(20)21;2*4-3(7)2(6)1-5/h2,15H2,1H3,(H,18,19)(H,20,21);2*2,5-6H,1H2,(H2,4,7). The number of benzene rings is 1. The van der Waals surface area contributed by atoms with E-state index in [0.29, 0.717) is 7.14 Å². The third kappa shape index (κ3) is 11.0. The minimum Gasteiger partial charge on any atom is -0.478 e. The van der Waals surface area contributed by atoms with Crippen LogP contribution in [-0.4, -0.2) is 99.3 Å². The molecule has 0 saturated carbocycles. The normalized spacial score (nSPS) is 11.6. The molecule has 0 aromatic heterocycles. The van der Waals surface area contributed by atoms with Gasteiger partial charge in [0.1, 0.15) is 0 Å². The summed E-state index contributed by atoms with van der Waals surface area (Å²) in [6, 6.07) is 0. The monoisotopic (exact) mass is 840 g/mol. The van der Waals surface area contributed by atoms with Gasteiger partial charge in [-0.05, 0) is 67.8 Å². The summed E-state index contributed by atoms with van der Waals surface area (Å²) in [5.41, 5.74) is 14.3. The van der Waals surface area contributed by atoms with Gasteiger partial charge in [0.25, 0.3) is 0 Å². The molecule has 2 atom stereocenters. The van der Waals surface area contributed by atoms with Gasteiger partial charge in [0.05, 0.1) is 43.7 Å². The molecule has 0 radical (unpaired) electrons. The Hall–Kier alpha value is -1.44. The second kappa shape index (κ2) is 17.1. The number of likely N-dealkylation sites (N-methyl/N-ethyl adjacent to an activating group) is 1. The fraction of sp³-hybridized carbons (Fsp3) is 0.353. The van der Waals surface area contributed by atoms with E-state index in [1.807, 2.05) is 0 Å². The van der Waals surface area contributed by atoms with Crippen molar-refractivity contribution in [3.05, 3.63) is 21.8 Å².